The Balaban J connectivity index is 1.73. The summed E-state index contributed by atoms with van der Waals surface area (Å²) in [4.78, 5) is 38.2. The van der Waals surface area contributed by atoms with Crippen LogP contribution in [0.5, 0.6) is 0 Å². The van der Waals surface area contributed by atoms with Crippen LogP contribution in [0.2, 0.25) is 0 Å². The molecule has 0 saturated carbocycles. The largest absolute Gasteiger partial charge is 0.444 e. The van der Waals surface area contributed by atoms with E-state index in [0.717, 1.165) is 32.5 Å². The maximum absolute atomic E-state index is 12.8. The van der Waals surface area contributed by atoms with Gasteiger partial charge in [-0.3, -0.25) is 9.78 Å². The van der Waals surface area contributed by atoms with Gasteiger partial charge in [0.25, 0.3) is 0 Å². The van der Waals surface area contributed by atoms with E-state index in [-0.39, 0.29) is 12.5 Å². The normalized spacial score (nSPS) is 19.0. The summed E-state index contributed by atoms with van der Waals surface area (Å²) in [6.45, 7) is 10.7. The number of fused-ring (bicyclic) bond motifs is 5. The summed E-state index contributed by atoms with van der Waals surface area (Å²) < 4.78 is 6.42. The first-order chi connectivity index (χ1) is 13.6. The molecule has 9 heteroatoms. The molecule has 2 aromatic rings. The van der Waals surface area contributed by atoms with Gasteiger partial charge in [0.15, 0.2) is 0 Å². The van der Waals surface area contributed by atoms with E-state index >= 15 is 0 Å². The van der Waals surface area contributed by atoms with E-state index in [1.165, 1.54) is 0 Å². The predicted molar refractivity (Wildman–Crippen MR) is 114 cm³/mol. The summed E-state index contributed by atoms with van der Waals surface area (Å²) in [5, 5.41) is 2.94. The van der Waals surface area contributed by atoms with E-state index in [1.807, 2.05) is 39.5 Å². The van der Waals surface area contributed by atoms with Crippen molar-refractivity contribution in [3.8, 4) is 0 Å². The molecule has 8 nitrogen and oxygen atoms in total. The number of nitrogens with one attached hydrogen (secondary N) is 1. The van der Waals surface area contributed by atoms with Crippen molar-refractivity contribution < 1.29 is 14.3 Å². The molecule has 0 spiro atoms. The molecule has 2 aliphatic heterocycles. The second-order valence-corrected chi connectivity index (χ2v) is 9.27. The Labute approximate surface area is 177 Å². The number of pyridine rings is 2. The molecule has 2 amide bonds. The molecule has 2 aliphatic rings. The number of hydrogen-bond donors (Lipinski definition) is 1. The average molecular weight is 462 g/mol. The quantitative estimate of drug-likeness (QED) is 0.646. The third-order valence-electron chi connectivity index (χ3n) is 5.19. The monoisotopic (exact) mass is 461 g/mol. The van der Waals surface area contributed by atoms with E-state index in [1.54, 1.807) is 11.1 Å². The molecule has 4 heterocycles. The molecule has 1 N–H and O–H groups in total. The Morgan fingerprint density at radius 1 is 1.28 bits per heavy atom. The van der Waals surface area contributed by atoms with Crippen molar-refractivity contribution in [2.24, 2.45) is 0 Å². The maximum atomic E-state index is 12.8. The molecule has 2 aromatic heterocycles. The lowest BCUT2D eigenvalue weighted by molar-refractivity contribution is -0.118. The minimum atomic E-state index is -0.579. The molecule has 0 bridgehead atoms. The van der Waals surface area contributed by atoms with Crippen molar-refractivity contribution in [3.63, 3.8) is 0 Å². The van der Waals surface area contributed by atoms with Crippen molar-refractivity contribution in [1.82, 2.24) is 14.9 Å². The van der Waals surface area contributed by atoms with Gasteiger partial charge >= 0.3 is 6.09 Å². The lowest BCUT2D eigenvalue weighted by Crippen LogP contribution is -2.61. The van der Waals surface area contributed by atoms with E-state index in [0.29, 0.717) is 18.8 Å². The van der Waals surface area contributed by atoms with Crippen molar-refractivity contribution in [2.75, 3.05) is 29.9 Å². The van der Waals surface area contributed by atoms with E-state index in [2.05, 4.69) is 26.2 Å². The molecular weight excluding hydrogens is 438 g/mol. The number of anilines is 2. The Bertz CT molecular complexity index is 1030. The zero-order chi connectivity index (χ0) is 21.1. The highest BCUT2D eigenvalue weighted by molar-refractivity contribution is 9.10. The van der Waals surface area contributed by atoms with E-state index < -0.39 is 17.7 Å². The van der Waals surface area contributed by atoms with Gasteiger partial charge in [-0.2, -0.15) is 0 Å². The molecule has 29 heavy (non-hydrogen) atoms. The number of nitrogens with zero attached hydrogens (tertiary/aromatic N) is 4. The number of ether oxygens (including phenoxy) is 1. The highest BCUT2D eigenvalue weighted by Gasteiger charge is 2.41. The van der Waals surface area contributed by atoms with Gasteiger partial charge in [-0.05, 0) is 56.1 Å². The molecule has 0 unspecified atom stereocenters. The first-order valence-electron chi connectivity index (χ1n) is 9.57. The standard InChI is InChI=1S/C20H24BrN5O3/c1-10-14(21)11(2)23-16-15(10)22-8-12-17(16)26-7-6-25(9-13(26)18(27)24-12)19(28)29-20(3,4)5/h8,13H,6-7,9H2,1-5H3,(H,24,27)/t13-/m1/s1. The number of aryl methyl sites for hydroxylation is 2. The topological polar surface area (TPSA) is 87.7 Å². The third kappa shape index (κ3) is 3.41. The summed E-state index contributed by atoms with van der Waals surface area (Å²) in [6.07, 6.45) is 1.28. The second kappa shape index (κ2) is 6.83. The molecule has 0 aliphatic carbocycles. The predicted octanol–water partition coefficient (Wildman–Crippen LogP) is 3.39. The number of aromatic nitrogens is 2. The number of amides is 2. The number of hydrogen-bond acceptors (Lipinski definition) is 6. The lowest BCUT2D eigenvalue weighted by atomic mass is 10.0. The Morgan fingerprint density at radius 2 is 2.00 bits per heavy atom. The van der Waals surface area contributed by atoms with Crippen molar-refractivity contribution >= 4 is 50.3 Å². The van der Waals surface area contributed by atoms with Gasteiger partial charge in [0.2, 0.25) is 5.91 Å². The molecule has 1 atom stereocenters. The van der Waals surface area contributed by atoms with E-state index in [4.69, 9.17) is 9.72 Å². The van der Waals surface area contributed by atoms with Gasteiger partial charge in [0.1, 0.15) is 17.2 Å². The fourth-order valence-corrected chi connectivity index (χ4v) is 4.11. The Hall–Kier alpha value is -2.42. The number of halogens is 1. The van der Waals surface area contributed by atoms with Gasteiger partial charge in [-0.1, -0.05) is 0 Å². The summed E-state index contributed by atoms with van der Waals surface area (Å²) >= 11 is 3.58. The minimum Gasteiger partial charge on any atom is -0.444 e. The zero-order valence-corrected chi connectivity index (χ0v) is 18.8. The van der Waals surface area contributed by atoms with Crippen molar-refractivity contribution in [1.29, 1.82) is 0 Å². The van der Waals surface area contributed by atoms with Crippen LogP contribution < -0.4 is 10.2 Å². The van der Waals surface area contributed by atoms with Crippen LogP contribution in [0.4, 0.5) is 16.2 Å². The Morgan fingerprint density at radius 3 is 2.69 bits per heavy atom. The number of carbonyl (C=O) groups excluding carboxylic acids is 2. The van der Waals surface area contributed by atoms with Gasteiger partial charge < -0.3 is 19.9 Å². The lowest BCUT2D eigenvalue weighted by Gasteiger charge is -2.45. The number of piperazine rings is 1. The summed E-state index contributed by atoms with van der Waals surface area (Å²) in [5.74, 6) is -0.155. The molecule has 0 aromatic carbocycles. The smallest absolute Gasteiger partial charge is 0.410 e. The van der Waals surface area contributed by atoms with E-state index in [9.17, 15) is 9.59 Å². The highest BCUT2D eigenvalue weighted by Crippen LogP contribution is 2.40. The summed E-state index contributed by atoms with van der Waals surface area (Å²) in [7, 11) is 0. The molecule has 4 rings (SSSR count). The summed E-state index contributed by atoms with van der Waals surface area (Å²) in [5.41, 5.74) is 4.37. The number of carbonyl (C=O) groups is 2. The fraction of sp³-hybridized carbons (Fsp3) is 0.500. The maximum Gasteiger partial charge on any atom is 0.410 e. The second-order valence-electron chi connectivity index (χ2n) is 8.48. The summed E-state index contributed by atoms with van der Waals surface area (Å²) in [6, 6.07) is -0.500. The first kappa shape index (κ1) is 19.9. The zero-order valence-electron chi connectivity index (χ0n) is 17.2. The fourth-order valence-electron chi connectivity index (χ4n) is 3.83. The van der Waals surface area contributed by atoms with Crippen LogP contribution in [0.1, 0.15) is 32.0 Å². The van der Waals surface area contributed by atoms with Gasteiger partial charge in [-0.15, -0.1) is 0 Å². The van der Waals surface area contributed by atoms with Gasteiger partial charge in [0.05, 0.1) is 35.3 Å². The van der Waals surface area contributed by atoms with Crippen LogP contribution in [-0.2, 0) is 9.53 Å². The van der Waals surface area contributed by atoms with Crippen LogP contribution in [0.25, 0.3) is 11.0 Å². The number of rotatable bonds is 0. The van der Waals surface area contributed by atoms with Gasteiger partial charge in [-0.25, -0.2) is 9.78 Å². The van der Waals surface area contributed by atoms with Crippen molar-refractivity contribution in [3.05, 3.63) is 21.9 Å². The van der Waals surface area contributed by atoms with Crippen LogP contribution >= 0.6 is 15.9 Å². The first-order valence-corrected chi connectivity index (χ1v) is 10.4. The van der Waals surface area contributed by atoms with Crippen LogP contribution in [0.3, 0.4) is 0 Å². The Kier molecular flexibility index (Phi) is 4.68. The molecule has 1 fully saturated rings. The average Bonchev–Trinajstić information content (AvgIpc) is 2.64. The third-order valence-corrected chi connectivity index (χ3v) is 6.36. The van der Waals surface area contributed by atoms with Gasteiger partial charge in [0, 0.05) is 17.6 Å². The highest BCUT2D eigenvalue weighted by atomic mass is 79.9. The van der Waals surface area contributed by atoms with Crippen molar-refractivity contribution in [2.45, 2.75) is 46.3 Å². The minimum absolute atomic E-state index is 0.155. The van der Waals surface area contributed by atoms with Crippen LogP contribution in [0.15, 0.2) is 10.7 Å². The molecule has 154 valence electrons. The van der Waals surface area contributed by atoms with Crippen LogP contribution in [-0.4, -0.2) is 58.1 Å². The van der Waals surface area contributed by atoms with Crippen LogP contribution in [0, 0.1) is 13.8 Å². The molecule has 1 saturated heterocycles. The molecular formula is C20H24BrN5O3. The SMILES string of the molecule is Cc1nc2c3c(cnc2c(C)c1Br)NC(=O)[C@H]1CN(C(=O)OC(C)(C)C)CCN31. The molecule has 0 radical (unpaired) electrons.